The predicted molar refractivity (Wildman–Crippen MR) is 145 cm³/mol. The van der Waals surface area contributed by atoms with Crippen LogP contribution >= 0.6 is 0 Å². The number of likely N-dealkylation sites (N-methyl/N-ethyl adjacent to an activating group) is 1. The highest BCUT2D eigenvalue weighted by Gasteiger charge is 2.40. The summed E-state index contributed by atoms with van der Waals surface area (Å²) in [6.07, 6.45) is 4.01. The number of hydrogen-bond acceptors (Lipinski definition) is 5. The number of urea groups is 1. The molecule has 1 atom stereocenters. The van der Waals surface area contributed by atoms with Crippen molar-refractivity contribution in [3.05, 3.63) is 48.8 Å². The van der Waals surface area contributed by atoms with Gasteiger partial charge in [-0.25, -0.2) is 9.31 Å². The van der Waals surface area contributed by atoms with Crippen LogP contribution in [0.5, 0.6) is 0 Å². The highest BCUT2D eigenvalue weighted by molar-refractivity contribution is 5.81. The molecule has 3 fully saturated rings. The Kier molecular flexibility index (Phi) is 5.99. The SMILES string of the molecule is CCN1C[C@@H]2CN(c3ccnn4cc(-c5ccc(N6CCN(C(C)C)CC6)cc5)cc34)CCN2C1=O. The molecular formula is C28H37N7O. The van der Waals surface area contributed by atoms with Crippen LogP contribution in [-0.2, 0) is 0 Å². The lowest BCUT2D eigenvalue weighted by molar-refractivity contribution is 0.184. The molecule has 0 unspecified atom stereocenters. The number of hydrogen-bond donors (Lipinski definition) is 0. The number of carbonyl (C=O) groups excluding carboxylic acids is 1. The van der Waals surface area contributed by atoms with E-state index in [-0.39, 0.29) is 12.1 Å². The van der Waals surface area contributed by atoms with Crippen molar-refractivity contribution in [1.82, 2.24) is 24.3 Å². The summed E-state index contributed by atoms with van der Waals surface area (Å²) in [4.78, 5) is 24.0. The van der Waals surface area contributed by atoms with Gasteiger partial charge in [0.05, 0.1) is 17.2 Å². The highest BCUT2D eigenvalue weighted by Crippen LogP contribution is 2.32. The van der Waals surface area contributed by atoms with Gasteiger partial charge in [-0.2, -0.15) is 5.10 Å². The van der Waals surface area contributed by atoms with E-state index >= 15 is 0 Å². The number of carbonyl (C=O) groups is 1. The van der Waals surface area contributed by atoms with Crippen molar-refractivity contribution in [2.24, 2.45) is 0 Å². The highest BCUT2D eigenvalue weighted by atomic mass is 16.2. The zero-order valence-electron chi connectivity index (χ0n) is 21.7. The molecule has 8 nitrogen and oxygen atoms in total. The molecule has 0 saturated carbocycles. The minimum Gasteiger partial charge on any atom is -0.369 e. The molecule has 0 N–H and O–H groups in total. The maximum atomic E-state index is 12.6. The molecule has 8 heteroatoms. The van der Waals surface area contributed by atoms with E-state index in [1.807, 2.05) is 20.5 Å². The Hall–Kier alpha value is -3.26. The van der Waals surface area contributed by atoms with Crippen LogP contribution in [0.25, 0.3) is 16.6 Å². The minimum atomic E-state index is 0.192. The third-order valence-electron chi connectivity index (χ3n) is 8.25. The zero-order valence-corrected chi connectivity index (χ0v) is 21.7. The van der Waals surface area contributed by atoms with E-state index in [0.29, 0.717) is 6.04 Å². The second kappa shape index (κ2) is 9.32. The molecule has 2 amide bonds. The van der Waals surface area contributed by atoms with Crippen LogP contribution in [0.1, 0.15) is 20.8 Å². The second-order valence-corrected chi connectivity index (χ2v) is 10.6. The van der Waals surface area contributed by atoms with E-state index in [4.69, 9.17) is 0 Å². The van der Waals surface area contributed by atoms with E-state index < -0.39 is 0 Å². The summed E-state index contributed by atoms with van der Waals surface area (Å²) in [7, 11) is 0. The first-order chi connectivity index (χ1) is 17.5. The molecule has 190 valence electrons. The normalized spacial score (nSPS) is 21.2. The number of nitrogens with zero attached hydrogens (tertiary/aromatic N) is 7. The summed E-state index contributed by atoms with van der Waals surface area (Å²) in [5.74, 6) is 0. The Morgan fingerprint density at radius 1 is 0.917 bits per heavy atom. The lowest BCUT2D eigenvalue weighted by Gasteiger charge is -2.38. The summed E-state index contributed by atoms with van der Waals surface area (Å²) in [6, 6.07) is 14.4. The van der Waals surface area contributed by atoms with Crippen molar-refractivity contribution in [2.45, 2.75) is 32.9 Å². The van der Waals surface area contributed by atoms with Gasteiger partial charge in [0.1, 0.15) is 0 Å². The van der Waals surface area contributed by atoms with Crippen LogP contribution in [0.4, 0.5) is 16.2 Å². The molecule has 3 aromatic rings. The first kappa shape index (κ1) is 23.2. The number of anilines is 2. The first-order valence-corrected chi connectivity index (χ1v) is 13.4. The molecule has 3 saturated heterocycles. The second-order valence-electron chi connectivity index (χ2n) is 10.6. The van der Waals surface area contributed by atoms with Gasteiger partial charge in [-0.3, -0.25) is 4.90 Å². The van der Waals surface area contributed by atoms with Gasteiger partial charge in [-0.1, -0.05) is 12.1 Å². The minimum absolute atomic E-state index is 0.192. The number of benzene rings is 1. The van der Waals surface area contributed by atoms with E-state index in [9.17, 15) is 4.79 Å². The molecule has 0 spiro atoms. The van der Waals surface area contributed by atoms with Crippen LogP contribution in [0.2, 0.25) is 0 Å². The molecule has 0 bridgehead atoms. The zero-order chi connectivity index (χ0) is 24.8. The third kappa shape index (κ3) is 4.07. The maximum absolute atomic E-state index is 12.6. The summed E-state index contributed by atoms with van der Waals surface area (Å²) < 4.78 is 1.99. The fourth-order valence-electron chi connectivity index (χ4n) is 6.05. The molecule has 0 aliphatic carbocycles. The third-order valence-corrected chi connectivity index (χ3v) is 8.25. The number of rotatable bonds is 5. The average Bonchev–Trinajstić information content (AvgIpc) is 3.49. The van der Waals surface area contributed by atoms with E-state index in [1.54, 1.807) is 0 Å². The number of fused-ring (bicyclic) bond motifs is 2. The first-order valence-electron chi connectivity index (χ1n) is 13.4. The number of amides is 2. The van der Waals surface area contributed by atoms with Crippen molar-refractivity contribution in [1.29, 1.82) is 0 Å². The smallest absolute Gasteiger partial charge is 0.320 e. The average molecular weight is 488 g/mol. The molecule has 2 aromatic heterocycles. The molecule has 0 radical (unpaired) electrons. The molecule has 3 aliphatic heterocycles. The maximum Gasteiger partial charge on any atom is 0.320 e. The molecule has 3 aliphatic rings. The molecule has 36 heavy (non-hydrogen) atoms. The van der Waals surface area contributed by atoms with Crippen LogP contribution in [0.15, 0.2) is 48.8 Å². The van der Waals surface area contributed by atoms with E-state index in [1.165, 1.54) is 22.5 Å². The van der Waals surface area contributed by atoms with Gasteiger partial charge in [0.2, 0.25) is 0 Å². The standard InChI is InChI=1S/C28H37N7O/c1-4-30-19-25-20-33(15-16-34(25)28(30)36)26-9-10-29-35-18-23(17-27(26)35)22-5-7-24(8-6-22)32-13-11-31(12-14-32)21(2)3/h5-10,17-18,21,25H,4,11-16,19-20H2,1-3H3/t25-/m1/s1. The van der Waals surface area contributed by atoms with Crippen molar-refractivity contribution in [2.75, 3.05) is 68.7 Å². The number of aromatic nitrogens is 2. The Balaban J connectivity index is 1.20. The van der Waals surface area contributed by atoms with E-state index in [2.05, 4.69) is 83.2 Å². The van der Waals surface area contributed by atoms with Gasteiger partial charge < -0.3 is 19.6 Å². The molecule has 5 heterocycles. The monoisotopic (exact) mass is 487 g/mol. The summed E-state index contributed by atoms with van der Waals surface area (Å²) in [6.45, 7) is 15.1. The Labute approximate surface area is 213 Å². The van der Waals surface area contributed by atoms with Crippen LogP contribution in [0, 0.1) is 0 Å². The van der Waals surface area contributed by atoms with Crippen molar-refractivity contribution in [3.63, 3.8) is 0 Å². The Morgan fingerprint density at radius 2 is 1.67 bits per heavy atom. The number of piperazine rings is 2. The molecule has 6 rings (SSSR count). The van der Waals surface area contributed by atoms with Crippen LogP contribution < -0.4 is 9.80 Å². The summed E-state index contributed by atoms with van der Waals surface area (Å²) >= 11 is 0. The molecular weight excluding hydrogens is 450 g/mol. The lowest BCUT2D eigenvalue weighted by atomic mass is 10.1. The van der Waals surface area contributed by atoms with Crippen LogP contribution in [-0.4, -0.2) is 101 Å². The van der Waals surface area contributed by atoms with Crippen LogP contribution in [0.3, 0.4) is 0 Å². The van der Waals surface area contributed by atoms with Gasteiger partial charge in [0.25, 0.3) is 0 Å². The largest absolute Gasteiger partial charge is 0.369 e. The van der Waals surface area contributed by atoms with Gasteiger partial charge >= 0.3 is 6.03 Å². The van der Waals surface area contributed by atoms with Gasteiger partial charge in [0.15, 0.2) is 0 Å². The lowest BCUT2D eigenvalue weighted by Crippen LogP contribution is -2.52. The fourth-order valence-corrected chi connectivity index (χ4v) is 6.05. The van der Waals surface area contributed by atoms with Crippen molar-refractivity contribution in [3.8, 4) is 11.1 Å². The Morgan fingerprint density at radius 3 is 2.39 bits per heavy atom. The van der Waals surface area contributed by atoms with E-state index in [0.717, 1.165) is 64.4 Å². The Bertz CT molecular complexity index is 1230. The van der Waals surface area contributed by atoms with Gasteiger partial charge in [-0.05, 0) is 50.6 Å². The quantitative estimate of drug-likeness (QED) is 0.552. The predicted octanol–water partition coefficient (Wildman–Crippen LogP) is 3.48. The molecule has 1 aromatic carbocycles. The van der Waals surface area contributed by atoms with Gasteiger partial charge in [0, 0.05) is 88.6 Å². The van der Waals surface area contributed by atoms with Crippen molar-refractivity contribution < 1.29 is 4.79 Å². The topological polar surface area (TPSA) is 50.6 Å². The van der Waals surface area contributed by atoms with Crippen molar-refractivity contribution >= 4 is 22.9 Å². The van der Waals surface area contributed by atoms with Gasteiger partial charge in [-0.15, -0.1) is 0 Å². The fraction of sp³-hybridized carbons (Fsp3) is 0.500. The summed E-state index contributed by atoms with van der Waals surface area (Å²) in [5.41, 5.74) is 6.00. The summed E-state index contributed by atoms with van der Waals surface area (Å²) in [5, 5.41) is 4.60.